The van der Waals surface area contributed by atoms with Gasteiger partial charge in [-0.25, -0.2) is 4.98 Å². The highest BCUT2D eigenvalue weighted by Gasteiger charge is 2.29. The van der Waals surface area contributed by atoms with E-state index >= 15 is 0 Å². The van der Waals surface area contributed by atoms with Crippen molar-refractivity contribution in [1.82, 2.24) is 14.9 Å². The average Bonchev–Trinajstić information content (AvgIpc) is 3.04. The van der Waals surface area contributed by atoms with Gasteiger partial charge in [-0.05, 0) is 29.7 Å². The maximum atomic E-state index is 12.7. The smallest absolute Gasteiger partial charge is 0.251 e. The Hall–Kier alpha value is -2.86. The molecule has 1 amide bonds. The van der Waals surface area contributed by atoms with E-state index in [4.69, 9.17) is 9.47 Å². The van der Waals surface area contributed by atoms with E-state index in [9.17, 15) is 4.79 Å². The molecule has 4 rings (SSSR count). The highest BCUT2D eigenvalue weighted by molar-refractivity contribution is 5.98. The predicted molar refractivity (Wildman–Crippen MR) is 98.3 cm³/mol. The summed E-state index contributed by atoms with van der Waals surface area (Å²) in [6.45, 7) is 1.04. The predicted octanol–water partition coefficient (Wildman–Crippen LogP) is 2.54. The molecule has 0 bridgehead atoms. The van der Waals surface area contributed by atoms with Gasteiger partial charge in [0.05, 0.1) is 19.3 Å². The van der Waals surface area contributed by atoms with Crippen molar-refractivity contribution in [3.05, 3.63) is 60.4 Å². The van der Waals surface area contributed by atoms with Crippen molar-refractivity contribution >= 4 is 16.8 Å². The van der Waals surface area contributed by atoms with Crippen molar-refractivity contribution < 1.29 is 14.3 Å². The van der Waals surface area contributed by atoms with Gasteiger partial charge >= 0.3 is 0 Å². The van der Waals surface area contributed by atoms with Crippen molar-refractivity contribution in [2.24, 2.45) is 7.05 Å². The number of nitrogens with one attached hydrogen (secondary N) is 1. The van der Waals surface area contributed by atoms with Gasteiger partial charge in [-0.3, -0.25) is 4.79 Å². The molecule has 0 spiro atoms. The number of fused-ring (bicyclic) bond motifs is 1. The maximum Gasteiger partial charge on any atom is 0.251 e. The van der Waals surface area contributed by atoms with Crippen LogP contribution < -0.4 is 10.1 Å². The summed E-state index contributed by atoms with van der Waals surface area (Å²) in [5.41, 5.74) is 1.65. The summed E-state index contributed by atoms with van der Waals surface area (Å²) in [6.07, 6.45) is 4.22. The lowest BCUT2D eigenvalue weighted by Crippen LogP contribution is -2.51. The number of nitrogens with zero attached hydrogens (tertiary/aromatic N) is 2. The zero-order valence-electron chi connectivity index (χ0n) is 14.6. The Morgan fingerprint density at radius 3 is 3.08 bits per heavy atom. The summed E-state index contributed by atoms with van der Waals surface area (Å²) in [5.74, 6) is 0.432. The number of amides is 1. The molecule has 1 aromatic carbocycles. The van der Waals surface area contributed by atoms with Gasteiger partial charge in [0.1, 0.15) is 6.10 Å². The van der Waals surface area contributed by atoms with Crippen LogP contribution in [0.25, 0.3) is 10.9 Å². The van der Waals surface area contributed by atoms with Crippen LogP contribution in [0.4, 0.5) is 0 Å². The number of carbonyl (C=O) groups excluding carboxylic acids is 1. The monoisotopic (exact) mass is 351 g/mol. The van der Waals surface area contributed by atoms with Crippen molar-refractivity contribution in [2.45, 2.75) is 18.6 Å². The number of carbonyl (C=O) groups is 1. The van der Waals surface area contributed by atoms with Crippen LogP contribution in [-0.2, 0) is 11.8 Å². The Morgan fingerprint density at radius 1 is 1.31 bits per heavy atom. The average molecular weight is 351 g/mol. The first-order valence-electron chi connectivity index (χ1n) is 8.72. The minimum Gasteiger partial charge on any atom is -0.472 e. The topological polar surface area (TPSA) is 65.4 Å². The minimum absolute atomic E-state index is 0.127. The third kappa shape index (κ3) is 3.41. The van der Waals surface area contributed by atoms with Gasteiger partial charge < -0.3 is 19.4 Å². The fraction of sp³-hybridized carbons (Fsp3) is 0.300. The van der Waals surface area contributed by atoms with Crippen LogP contribution in [0.1, 0.15) is 16.8 Å². The van der Waals surface area contributed by atoms with Crippen LogP contribution in [0.3, 0.4) is 0 Å². The van der Waals surface area contributed by atoms with Crippen molar-refractivity contribution in [3.63, 3.8) is 0 Å². The number of ether oxygens (including phenoxy) is 2. The van der Waals surface area contributed by atoms with Crippen LogP contribution in [0.2, 0.25) is 0 Å². The first-order valence-corrected chi connectivity index (χ1v) is 8.72. The number of pyridine rings is 1. The summed E-state index contributed by atoms with van der Waals surface area (Å²) in [7, 11) is 1.97. The maximum absolute atomic E-state index is 12.7. The third-order valence-corrected chi connectivity index (χ3v) is 4.67. The molecule has 0 radical (unpaired) electrons. The molecular weight excluding hydrogens is 330 g/mol. The van der Waals surface area contributed by atoms with Gasteiger partial charge in [0.25, 0.3) is 5.91 Å². The molecule has 1 N–H and O–H groups in total. The minimum atomic E-state index is -0.220. The molecule has 1 saturated heterocycles. The Labute approximate surface area is 151 Å². The second kappa shape index (κ2) is 7.17. The van der Waals surface area contributed by atoms with Crippen molar-refractivity contribution in [2.75, 3.05) is 13.2 Å². The molecule has 3 heterocycles. The van der Waals surface area contributed by atoms with Gasteiger partial charge in [0.2, 0.25) is 5.88 Å². The fourth-order valence-electron chi connectivity index (χ4n) is 3.22. The molecule has 1 aliphatic rings. The van der Waals surface area contributed by atoms with Crippen LogP contribution in [0.15, 0.2) is 54.9 Å². The van der Waals surface area contributed by atoms with E-state index in [1.54, 1.807) is 6.20 Å². The lowest BCUT2D eigenvalue weighted by Gasteiger charge is -2.32. The molecule has 0 unspecified atom stereocenters. The first kappa shape index (κ1) is 16.6. The summed E-state index contributed by atoms with van der Waals surface area (Å²) in [4.78, 5) is 16.9. The molecule has 2 aromatic heterocycles. The van der Waals surface area contributed by atoms with Gasteiger partial charge in [-0.2, -0.15) is 0 Å². The Balaban J connectivity index is 1.49. The fourth-order valence-corrected chi connectivity index (χ4v) is 3.22. The molecule has 1 aliphatic heterocycles. The summed E-state index contributed by atoms with van der Waals surface area (Å²) < 4.78 is 13.5. The van der Waals surface area contributed by atoms with Gasteiger partial charge in [-0.1, -0.05) is 12.1 Å². The van der Waals surface area contributed by atoms with E-state index in [-0.39, 0.29) is 18.1 Å². The highest BCUT2D eigenvalue weighted by atomic mass is 16.5. The van der Waals surface area contributed by atoms with E-state index in [0.29, 0.717) is 31.1 Å². The molecule has 3 aromatic rings. The molecule has 0 saturated carbocycles. The second-order valence-electron chi connectivity index (χ2n) is 6.47. The third-order valence-electron chi connectivity index (χ3n) is 4.67. The molecule has 0 aliphatic carbocycles. The summed E-state index contributed by atoms with van der Waals surface area (Å²) >= 11 is 0. The number of rotatable bonds is 4. The molecule has 26 heavy (non-hydrogen) atoms. The number of aryl methyl sites for hydroxylation is 1. The molecule has 2 atom stereocenters. The van der Waals surface area contributed by atoms with Gasteiger partial charge in [-0.15, -0.1) is 0 Å². The van der Waals surface area contributed by atoms with Gasteiger partial charge in [0, 0.05) is 43.0 Å². The zero-order chi connectivity index (χ0) is 17.9. The van der Waals surface area contributed by atoms with Gasteiger partial charge in [0.15, 0.2) is 0 Å². The van der Waals surface area contributed by atoms with Crippen molar-refractivity contribution in [1.29, 1.82) is 0 Å². The molecular formula is C20H21N3O3. The standard InChI is InChI=1S/C20H21N3O3/c1-23-10-7-14-5-6-15(12-17(14)23)20(24)22-16-13-25-11-8-18(16)26-19-4-2-3-9-21-19/h2-7,9-10,12,16,18H,8,11,13H2,1H3,(H,22,24)/t16-,18-/m1/s1. The normalized spacial score (nSPS) is 20.0. The van der Waals surface area contributed by atoms with Crippen LogP contribution in [0.5, 0.6) is 5.88 Å². The Morgan fingerprint density at radius 2 is 2.23 bits per heavy atom. The second-order valence-corrected chi connectivity index (χ2v) is 6.47. The largest absolute Gasteiger partial charge is 0.472 e. The van der Waals surface area contributed by atoms with E-state index < -0.39 is 0 Å². The Kier molecular flexibility index (Phi) is 4.58. The highest BCUT2D eigenvalue weighted by Crippen LogP contribution is 2.19. The SMILES string of the molecule is Cn1ccc2ccc(C(=O)N[C@@H]3COCC[C@H]3Oc3ccccn3)cc21. The lowest BCUT2D eigenvalue weighted by molar-refractivity contribution is -0.00448. The number of hydrogen-bond donors (Lipinski definition) is 1. The Bertz CT molecular complexity index is 907. The van der Waals surface area contributed by atoms with Crippen LogP contribution in [0, 0.1) is 0 Å². The first-order chi connectivity index (χ1) is 12.7. The molecule has 134 valence electrons. The van der Waals surface area contributed by atoms with Crippen LogP contribution in [-0.4, -0.2) is 40.8 Å². The quantitative estimate of drug-likeness (QED) is 0.784. The zero-order valence-corrected chi connectivity index (χ0v) is 14.6. The molecule has 6 nitrogen and oxygen atoms in total. The van der Waals surface area contributed by atoms with Crippen LogP contribution >= 0.6 is 0 Å². The number of benzene rings is 1. The van der Waals surface area contributed by atoms with E-state index in [1.807, 2.05) is 60.3 Å². The van der Waals surface area contributed by atoms with E-state index in [0.717, 1.165) is 10.9 Å². The molecule has 6 heteroatoms. The number of hydrogen-bond acceptors (Lipinski definition) is 4. The molecule has 1 fully saturated rings. The van der Waals surface area contributed by atoms with E-state index in [2.05, 4.69) is 10.3 Å². The summed E-state index contributed by atoms with van der Waals surface area (Å²) in [6, 6.07) is 13.1. The summed E-state index contributed by atoms with van der Waals surface area (Å²) in [5, 5.41) is 4.17. The van der Waals surface area contributed by atoms with E-state index in [1.165, 1.54) is 0 Å². The lowest BCUT2D eigenvalue weighted by atomic mass is 10.1. The van der Waals surface area contributed by atoms with Crippen molar-refractivity contribution in [3.8, 4) is 5.88 Å². The number of aromatic nitrogens is 2.